The van der Waals surface area contributed by atoms with Gasteiger partial charge < -0.3 is 20.0 Å². The molecule has 2 aliphatic rings. The molecule has 5 nitrogen and oxygen atoms in total. The van der Waals surface area contributed by atoms with Crippen LogP contribution in [0.25, 0.3) is 0 Å². The SMILES string of the molecule is CN=C(NCc1ccoc1)NCC1CCN(C2CC2)C1.I. The van der Waals surface area contributed by atoms with Gasteiger partial charge in [-0.2, -0.15) is 0 Å². The Labute approximate surface area is 143 Å². The van der Waals surface area contributed by atoms with Gasteiger partial charge in [0.25, 0.3) is 0 Å². The fraction of sp³-hybridized carbons (Fsp3) is 0.667. The molecule has 3 rings (SSSR count). The highest BCUT2D eigenvalue weighted by Crippen LogP contribution is 2.31. The van der Waals surface area contributed by atoms with Crippen molar-refractivity contribution < 1.29 is 4.42 Å². The molecule has 1 saturated carbocycles. The second kappa shape index (κ2) is 8.03. The zero-order valence-corrected chi connectivity index (χ0v) is 14.9. The lowest BCUT2D eigenvalue weighted by Crippen LogP contribution is -2.39. The zero-order chi connectivity index (χ0) is 13.8. The molecule has 2 N–H and O–H groups in total. The van der Waals surface area contributed by atoms with Gasteiger partial charge in [0.2, 0.25) is 0 Å². The van der Waals surface area contributed by atoms with Gasteiger partial charge in [-0.25, -0.2) is 0 Å². The van der Waals surface area contributed by atoms with Gasteiger partial charge in [0, 0.05) is 38.3 Å². The summed E-state index contributed by atoms with van der Waals surface area (Å²) in [6, 6.07) is 2.86. The Morgan fingerprint density at radius 3 is 2.90 bits per heavy atom. The van der Waals surface area contributed by atoms with E-state index >= 15 is 0 Å². The van der Waals surface area contributed by atoms with E-state index in [9.17, 15) is 0 Å². The molecule has 118 valence electrons. The first kappa shape index (κ1) is 16.6. The van der Waals surface area contributed by atoms with Crippen LogP contribution in [0.3, 0.4) is 0 Å². The Kier molecular flexibility index (Phi) is 6.35. The molecule has 0 bridgehead atoms. The third kappa shape index (κ3) is 4.88. The van der Waals surface area contributed by atoms with Crippen molar-refractivity contribution in [3.63, 3.8) is 0 Å². The largest absolute Gasteiger partial charge is 0.472 e. The smallest absolute Gasteiger partial charge is 0.191 e. The number of furan rings is 1. The number of likely N-dealkylation sites (tertiary alicyclic amines) is 1. The molecule has 1 unspecified atom stereocenters. The topological polar surface area (TPSA) is 52.8 Å². The summed E-state index contributed by atoms with van der Waals surface area (Å²) in [6.07, 6.45) is 7.58. The predicted molar refractivity (Wildman–Crippen MR) is 95.0 cm³/mol. The maximum Gasteiger partial charge on any atom is 0.191 e. The highest BCUT2D eigenvalue weighted by Gasteiger charge is 2.34. The van der Waals surface area contributed by atoms with E-state index in [1.165, 1.54) is 32.4 Å². The molecular formula is C15H25IN4O. The van der Waals surface area contributed by atoms with Gasteiger partial charge in [-0.05, 0) is 37.8 Å². The number of hydrogen-bond acceptors (Lipinski definition) is 3. The van der Waals surface area contributed by atoms with Gasteiger partial charge in [-0.15, -0.1) is 24.0 Å². The van der Waals surface area contributed by atoms with Crippen molar-refractivity contribution in [2.75, 3.05) is 26.7 Å². The summed E-state index contributed by atoms with van der Waals surface area (Å²) in [5.41, 5.74) is 1.13. The van der Waals surface area contributed by atoms with E-state index in [0.717, 1.165) is 36.6 Å². The molecule has 21 heavy (non-hydrogen) atoms. The summed E-state index contributed by atoms with van der Waals surface area (Å²) in [7, 11) is 1.82. The summed E-state index contributed by atoms with van der Waals surface area (Å²) >= 11 is 0. The van der Waals surface area contributed by atoms with Crippen molar-refractivity contribution in [3.05, 3.63) is 24.2 Å². The lowest BCUT2D eigenvalue weighted by Gasteiger charge is -2.16. The molecule has 1 aliphatic carbocycles. The Bertz CT molecular complexity index is 445. The van der Waals surface area contributed by atoms with Gasteiger partial charge in [0.05, 0.1) is 12.5 Å². The van der Waals surface area contributed by atoms with E-state index in [0.29, 0.717) is 0 Å². The molecule has 0 radical (unpaired) electrons. The molecule has 2 fully saturated rings. The summed E-state index contributed by atoms with van der Waals surface area (Å²) in [6.45, 7) is 4.28. The van der Waals surface area contributed by atoms with Crippen LogP contribution >= 0.6 is 24.0 Å². The van der Waals surface area contributed by atoms with Crippen molar-refractivity contribution in [2.45, 2.75) is 31.8 Å². The first-order chi connectivity index (χ1) is 9.85. The van der Waals surface area contributed by atoms with Gasteiger partial charge >= 0.3 is 0 Å². The van der Waals surface area contributed by atoms with Crippen LogP contribution in [-0.4, -0.2) is 43.6 Å². The predicted octanol–water partition coefficient (Wildman–Crippen LogP) is 2.05. The van der Waals surface area contributed by atoms with Gasteiger partial charge in [-0.1, -0.05) is 0 Å². The summed E-state index contributed by atoms with van der Waals surface area (Å²) in [5, 5.41) is 6.74. The lowest BCUT2D eigenvalue weighted by atomic mass is 10.1. The fourth-order valence-electron chi connectivity index (χ4n) is 2.84. The van der Waals surface area contributed by atoms with Crippen LogP contribution in [0.4, 0.5) is 0 Å². The number of halogens is 1. The molecule has 1 aromatic heterocycles. The average molecular weight is 404 g/mol. The molecule has 0 spiro atoms. The van der Waals surface area contributed by atoms with Crippen molar-refractivity contribution in [3.8, 4) is 0 Å². The molecule has 1 saturated heterocycles. The number of aliphatic imine (C=N–C) groups is 1. The van der Waals surface area contributed by atoms with Crippen LogP contribution in [0.2, 0.25) is 0 Å². The molecular weight excluding hydrogens is 379 g/mol. The molecule has 1 atom stereocenters. The zero-order valence-electron chi connectivity index (χ0n) is 12.5. The molecule has 1 aromatic rings. The standard InChI is InChI=1S/C15H24N4O.HI/c1-16-15(18-9-13-5-7-20-11-13)17-8-12-4-6-19(10-12)14-2-3-14;/h5,7,11-12,14H,2-4,6,8-10H2,1H3,(H2,16,17,18);1H. The normalized spacial score (nSPS) is 22.9. The highest BCUT2D eigenvalue weighted by atomic mass is 127. The Morgan fingerprint density at radius 1 is 1.38 bits per heavy atom. The average Bonchev–Trinajstić information content (AvgIpc) is 3.01. The number of nitrogens with one attached hydrogen (secondary N) is 2. The van der Waals surface area contributed by atoms with Crippen molar-refractivity contribution >= 4 is 29.9 Å². The number of hydrogen-bond donors (Lipinski definition) is 2. The van der Waals surface area contributed by atoms with Crippen LogP contribution in [-0.2, 0) is 6.54 Å². The van der Waals surface area contributed by atoms with E-state index in [1.807, 2.05) is 13.1 Å². The van der Waals surface area contributed by atoms with E-state index in [1.54, 1.807) is 12.5 Å². The van der Waals surface area contributed by atoms with E-state index in [-0.39, 0.29) is 24.0 Å². The lowest BCUT2D eigenvalue weighted by molar-refractivity contribution is 0.314. The van der Waals surface area contributed by atoms with Gasteiger partial charge in [0.15, 0.2) is 5.96 Å². The fourth-order valence-corrected chi connectivity index (χ4v) is 2.84. The highest BCUT2D eigenvalue weighted by molar-refractivity contribution is 14.0. The van der Waals surface area contributed by atoms with Crippen LogP contribution in [0.5, 0.6) is 0 Å². The second-order valence-electron chi connectivity index (χ2n) is 5.82. The molecule has 1 aliphatic heterocycles. The maximum absolute atomic E-state index is 5.06. The quantitative estimate of drug-likeness (QED) is 0.448. The van der Waals surface area contributed by atoms with Crippen molar-refractivity contribution in [1.82, 2.24) is 15.5 Å². The number of rotatable bonds is 5. The number of nitrogens with zero attached hydrogens (tertiary/aromatic N) is 2. The third-order valence-electron chi connectivity index (χ3n) is 4.20. The van der Waals surface area contributed by atoms with Crippen LogP contribution in [0.1, 0.15) is 24.8 Å². The van der Waals surface area contributed by atoms with E-state index < -0.39 is 0 Å². The molecule has 0 amide bonds. The second-order valence-corrected chi connectivity index (χ2v) is 5.82. The van der Waals surface area contributed by atoms with Crippen LogP contribution in [0.15, 0.2) is 28.0 Å². The summed E-state index contributed by atoms with van der Waals surface area (Å²) in [4.78, 5) is 6.91. The third-order valence-corrected chi connectivity index (χ3v) is 4.20. The first-order valence-corrected chi connectivity index (χ1v) is 7.55. The van der Waals surface area contributed by atoms with Crippen LogP contribution in [0, 0.1) is 5.92 Å². The first-order valence-electron chi connectivity index (χ1n) is 7.55. The minimum Gasteiger partial charge on any atom is -0.472 e. The van der Waals surface area contributed by atoms with Crippen molar-refractivity contribution in [2.24, 2.45) is 10.9 Å². The van der Waals surface area contributed by atoms with Crippen molar-refractivity contribution in [1.29, 1.82) is 0 Å². The Morgan fingerprint density at radius 2 is 2.24 bits per heavy atom. The monoisotopic (exact) mass is 404 g/mol. The molecule has 6 heteroatoms. The molecule has 0 aromatic carbocycles. The van der Waals surface area contributed by atoms with Gasteiger partial charge in [-0.3, -0.25) is 4.99 Å². The van der Waals surface area contributed by atoms with E-state index in [2.05, 4.69) is 20.5 Å². The van der Waals surface area contributed by atoms with E-state index in [4.69, 9.17) is 4.42 Å². The van der Waals surface area contributed by atoms with Crippen LogP contribution < -0.4 is 10.6 Å². The summed E-state index contributed by atoms with van der Waals surface area (Å²) < 4.78 is 5.06. The molecule has 2 heterocycles. The Hall–Kier alpha value is -0.760. The number of guanidine groups is 1. The summed E-state index contributed by atoms with van der Waals surface area (Å²) in [5.74, 6) is 1.62. The van der Waals surface area contributed by atoms with Gasteiger partial charge in [0.1, 0.15) is 0 Å². The maximum atomic E-state index is 5.06. The minimum absolute atomic E-state index is 0. The minimum atomic E-state index is 0. The Balaban J connectivity index is 0.00000161.